The number of halogens is 3. The molecule has 2 aromatic rings. The van der Waals surface area contributed by atoms with Crippen LogP contribution in [0.2, 0.25) is 5.02 Å². The van der Waals surface area contributed by atoms with E-state index in [0.29, 0.717) is 10.8 Å². The van der Waals surface area contributed by atoms with Gasteiger partial charge in [0, 0.05) is 5.02 Å². The summed E-state index contributed by atoms with van der Waals surface area (Å²) in [5, 5.41) is 4.14. The van der Waals surface area contributed by atoms with Crippen molar-refractivity contribution >= 4 is 27.5 Å². The van der Waals surface area contributed by atoms with Gasteiger partial charge in [0.25, 0.3) is 5.89 Å². The third-order valence-corrected chi connectivity index (χ3v) is 2.60. The van der Waals surface area contributed by atoms with Crippen LogP contribution in [0.5, 0.6) is 0 Å². The molecule has 1 aromatic carbocycles. The van der Waals surface area contributed by atoms with Crippen LogP contribution in [0.15, 0.2) is 22.7 Å². The minimum absolute atomic E-state index is 0.0488. The van der Waals surface area contributed by atoms with Gasteiger partial charge in [-0.25, -0.2) is 4.39 Å². The average molecular weight is 306 g/mol. The van der Waals surface area contributed by atoms with Gasteiger partial charge in [-0.2, -0.15) is 4.98 Å². The summed E-state index contributed by atoms with van der Waals surface area (Å²) in [6.07, 6.45) is 0. The Morgan fingerprint density at radius 1 is 1.50 bits per heavy atom. The molecule has 0 aliphatic rings. The summed E-state index contributed by atoms with van der Waals surface area (Å²) in [6.45, 7) is 1.85. The molecule has 2 rings (SSSR count). The number of alkyl halides is 1. The molecular weight excluding hydrogens is 298 g/mol. The molecule has 3 nitrogen and oxygen atoms in total. The van der Waals surface area contributed by atoms with E-state index < -0.39 is 5.82 Å². The normalized spacial score (nSPS) is 12.8. The van der Waals surface area contributed by atoms with Crippen LogP contribution in [0.3, 0.4) is 0 Å². The lowest BCUT2D eigenvalue weighted by Gasteiger charge is -1.97. The summed E-state index contributed by atoms with van der Waals surface area (Å²) >= 11 is 9.07. The van der Waals surface area contributed by atoms with Gasteiger partial charge in [-0.15, -0.1) is 0 Å². The fourth-order valence-corrected chi connectivity index (χ4v) is 1.53. The lowest BCUT2D eigenvalue weighted by atomic mass is 10.2. The summed E-state index contributed by atoms with van der Waals surface area (Å²) < 4.78 is 18.4. The molecule has 0 aliphatic carbocycles. The van der Waals surface area contributed by atoms with Crippen molar-refractivity contribution in [2.75, 3.05) is 0 Å². The van der Waals surface area contributed by atoms with E-state index in [1.807, 2.05) is 6.92 Å². The topological polar surface area (TPSA) is 38.9 Å². The zero-order valence-electron chi connectivity index (χ0n) is 8.25. The molecule has 0 aliphatic heterocycles. The Balaban J connectivity index is 2.46. The van der Waals surface area contributed by atoms with Crippen molar-refractivity contribution in [3.8, 4) is 11.5 Å². The van der Waals surface area contributed by atoms with Gasteiger partial charge in [-0.05, 0) is 25.1 Å². The molecule has 1 unspecified atom stereocenters. The molecule has 84 valence electrons. The third-order valence-electron chi connectivity index (χ3n) is 1.96. The highest BCUT2D eigenvalue weighted by molar-refractivity contribution is 9.09. The summed E-state index contributed by atoms with van der Waals surface area (Å²) in [5.41, 5.74) is 0.208. The molecule has 0 saturated heterocycles. The first-order valence-electron chi connectivity index (χ1n) is 4.51. The first-order valence-corrected chi connectivity index (χ1v) is 5.80. The fraction of sp³-hybridized carbons (Fsp3) is 0.200. The lowest BCUT2D eigenvalue weighted by Crippen LogP contribution is -1.88. The van der Waals surface area contributed by atoms with E-state index in [-0.39, 0.29) is 16.3 Å². The van der Waals surface area contributed by atoms with Crippen molar-refractivity contribution < 1.29 is 8.91 Å². The van der Waals surface area contributed by atoms with E-state index >= 15 is 0 Å². The standard InChI is InChI=1S/C10H7BrClFN2O/c1-5(11)9-14-10(16-15-9)7-4-6(12)2-3-8(7)13/h2-5H,1H3. The first kappa shape index (κ1) is 11.5. The quantitative estimate of drug-likeness (QED) is 0.788. The first-order chi connectivity index (χ1) is 7.58. The molecule has 0 saturated carbocycles. The van der Waals surface area contributed by atoms with Gasteiger partial charge in [0.05, 0.1) is 10.4 Å². The summed E-state index contributed by atoms with van der Waals surface area (Å²) in [5.74, 6) is 0.150. The van der Waals surface area contributed by atoms with Crippen molar-refractivity contribution in [3.63, 3.8) is 0 Å². The maximum Gasteiger partial charge on any atom is 0.260 e. The zero-order valence-corrected chi connectivity index (χ0v) is 10.6. The fourth-order valence-electron chi connectivity index (χ4n) is 1.17. The van der Waals surface area contributed by atoms with E-state index in [9.17, 15) is 4.39 Å². The van der Waals surface area contributed by atoms with Crippen LogP contribution in [-0.2, 0) is 0 Å². The highest BCUT2D eigenvalue weighted by Crippen LogP contribution is 2.27. The molecule has 1 heterocycles. The number of benzene rings is 1. The predicted molar refractivity (Wildman–Crippen MR) is 62.0 cm³/mol. The maximum atomic E-state index is 13.5. The summed E-state index contributed by atoms with van der Waals surface area (Å²) in [4.78, 5) is 4.01. The highest BCUT2D eigenvalue weighted by Gasteiger charge is 2.15. The van der Waals surface area contributed by atoms with Crippen molar-refractivity contribution in [2.45, 2.75) is 11.8 Å². The molecule has 0 spiro atoms. The lowest BCUT2D eigenvalue weighted by molar-refractivity contribution is 0.421. The second-order valence-electron chi connectivity index (χ2n) is 3.20. The van der Waals surface area contributed by atoms with Crippen molar-refractivity contribution in [3.05, 3.63) is 34.9 Å². The monoisotopic (exact) mass is 304 g/mol. The second kappa shape index (κ2) is 4.51. The largest absolute Gasteiger partial charge is 0.334 e. The minimum atomic E-state index is -0.443. The molecular formula is C10H7BrClFN2O. The molecule has 0 N–H and O–H groups in total. The Labute approximate surface area is 105 Å². The molecule has 16 heavy (non-hydrogen) atoms. The van der Waals surface area contributed by atoms with Gasteiger partial charge in [-0.1, -0.05) is 32.7 Å². The van der Waals surface area contributed by atoms with E-state index in [1.165, 1.54) is 18.2 Å². The molecule has 6 heteroatoms. The molecule has 0 fully saturated rings. The zero-order chi connectivity index (χ0) is 11.7. The van der Waals surface area contributed by atoms with Crippen LogP contribution in [0, 0.1) is 5.82 Å². The van der Waals surface area contributed by atoms with E-state index in [2.05, 4.69) is 26.1 Å². The summed E-state index contributed by atoms with van der Waals surface area (Å²) in [6, 6.07) is 4.18. The van der Waals surface area contributed by atoms with Gasteiger partial charge in [-0.3, -0.25) is 0 Å². The van der Waals surface area contributed by atoms with Crippen LogP contribution in [0.4, 0.5) is 4.39 Å². The summed E-state index contributed by atoms with van der Waals surface area (Å²) in [7, 11) is 0. The van der Waals surface area contributed by atoms with Crippen LogP contribution in [0.1, 0.15) is 17.6 Å². The van der Waals surface area contributed by atoms with Crippen molar-refractivity contribution in [1.29, 1.82) is 0 Å². The molecule has 1 aromatic heterocycles. The number of nitrogens with zero attached hydrogens (tertiary/aromatic N) is 2. The van der Waals surface area contributed by atoms with E-state index in [4.69, 9.17) is 16.1 Å². The van der Waals surface area contributed by atoms with E-state index in [1.54, 1.807) is 0 Å². The Bertz CT molecular complexity index is 515. The minimum Gasteiger partial charge on any atom is -0.334 e. The van der Waals surface area contributed by atoms with Gasteiger partial charge in [0.2, 0.25) is 0 Å². The average Bonchev–Trinajstić information content (AvgIpc) is 2.70. The van der Waals surface area contributed by atoms with Gasteiger partial charge in [0.15, 0.2) is 5.82 Å². The Morgan fingerprint density at radius 2 is 2.25 bits per heavy atom. The Kier molecular flexibility index (Phi) is 3.25. The third kappa shape index (κ3) is 2.25. The van der Waals surface area contributed by atoms with Gasteiger partial charge in [0.1, 0.15) is 5.82 Å². The molecule has 1 atom stereocenters. The van der Waals surface area contributed by atoms with Crippen LogP contribution in [0.25, 0.3) is 11.5 Å². The Hall–Kier alpha value is -0.940. The van der Waals surface area contributed by atoms with Gasteiger partial charge < -0.3 is 4.52 Å². The van der Waals surface area contributed by atoms with Crippen molar-refractivity contribution in [1.82, 2.24) is 10.1 Å². The maximum absolute atomic E-state index is 13.5. The SMILES string of the molecule is CC(Br)c1noc(-c2cc(Cl)ccc2F)n1. The molecule has 0 bridgehead atoms. The number of hydrogen-bond donors (Lipinski definition) is 0. The van der Waals surface area contributed by atoms with Gasteiger partial charge >= 0.3 is 0 Å². The number of rotatable bonds is 2. The molecule has 0 amide bonds. The Morgan fingerprint density at radius 3 is 2.88 bits per heavy atom. The number of aromatic nitrogens is 2. The predicted octanol–water partition coefficient (Wildman–Crippen LogP) is 3.99. The number of hydrogen-bond acceptors (Lipinski definition) is 3. The van der Waals surface area contributed by atoms with E-state index in [0.717, 1.165) is 0 Å². The van der Waals surface area contributed by atoms with Crippen LogP contribution < -0.4 is 0 Å². The smallest absolute Gasteiger partial charge is 0.260 e. The van der Waals surface area contributed by atoms with Crippen LogP contribution >= 0.6 is 27.5 Å². The highest BCUT2D eigenvalue weighted by atomic mass is 79.9. The molecule has 0 radical (unpaired) electrons. The van der Waals surface area contributed by atoms with Crippen LogP contribution in [-0.4, -0.2) is 10.1 Å². The second-order valence-corrected chi connectivity index (χ2v) is 5.01. The van der Waals surface area contributed by atoms with Crippen molar-refractivity contribution in [2.24, 2.45) is 0 Å².